The van der Waals surface area contributed by atoms with E-state index in [1.807, 2.05) is 0 Å². The summed E-state index contributed by atoms with van der Waals surface area (Å²) in [4.78, 5) is 5.42. The van der Waals surface area contributed by atoms with Gasteiger partial charge in [-0.1, -0.05) is 133 Å². The Morgan fingerprint density at radius 2 is 0.809 bits per heavy atom. The van der Waals surface area contributed by atoms with Crippen LogP contribution in [-0.4, -0.2) is 9.38 Å². The zero-order valence-electron chi connectivity index (χ0n) is 25.6. The number of nitrogens with zero attached hydrogens (tertiary/aromatic N) is 2. The zero-order chi connectivity index (χ0) is 30.9. The Hall–Kier alpha value is -6.25. The van der Waals surface area contributed by atoms with Crippen LogP contribution >= 0.6 is 0 Å². The molecule has 0 amide bonds. The van der Waals surface area contributed by atoms with Crippen LogP contribution in [0, 0.1) is 0 Å². The fourth-order valence-electron chi connectivity index (χ4n) is 7.45. The number of hydrogen-bond acceptors (Lipinski definition) is 1. The van der Waals surface area contributed by atoms with Crippen molar-refractivity contribution in [2.24, 2.45) is 0 Å². The Morgan fingerprint density at radius 1 is 0.362 bits per heavy atom. The maximum Gasteiger partial charge on any atom is 0.137 e. The fraction of sp³-hybridized carbons (Fsp3) is 0. The van der Waals surface area contributed by atoms with Crippen molar-refractivity contribution in [1.29, 1.82) is 0 Å². The van der Waals surface area contributed by atoms with E-state index in [0.717, 1.165) is 22.2 Å². The number of pyridine rings is 1. The van der Waals surface area contributed by atoms with E-state index in [2.05, 4.69) is 174 Å². The molecule has 0 N–H and O–H groups in total. The van der Waals surface area contributed by atoms with Gasteiger partial charge < -0.3 is 0 Å². The smallest absolute Gasteiger partial charge is 0.137 e. The molecule has 0 aliphatic carbocycles. The third-order valence-corrected chi connectivity index (χ3v) is 9.72. The molecule has 0 unspecified atom stereocenters. The molecule has 0 aliphatic rings. The third kappa shape index (κ3) is 4.09. The van der Waals surface area contributed by atoms with Crippen LogP contribution < -0.4 is 0 Å². The van der Waals surface area contributed by atoms with Crippen LogP contribution in [-0.2, 0) is 0 Å². The van der Waals surface area contributed by atoms with Gasteiger partial charge in [0.15, 0.2) is 0 Å². The molecule has 0 spiro atoms. The summed E-state index contributed by atoms with van der Waals surface area (Å²) in [5, 5.41) is 9.83. The number of rotatable bonds is 3. The van der Waals surface area contributed by atoms with Crippen molar-refractivity contribution in [1.82, 2.24) is 9.38 Å². The molecule has 47 heavy (non-hydrogen) atoms. The fourth-order valence-corrected chi connectivity index (χ4v) is 7.45. The van der Waals surface area contributed by atoms with E-state index >= 15 is 0 Å². The minimum atomic E-state index is 0.934. The quantitative estimate of drug-likeness (QED) is 0.198. The van der Waals surface area contributed by atoms with Gasteiger partial charge in [-0.05, 0) is 95.7 Å². The van der Waals surface area contributed by atoms with Gasteiger partial charge in [-0.2, -0.15) is 0 Å². The molecule has 0 fully saturated rings. The Bertz CT molecular complexity index is 2860. The lowest BCUT2D eigenvalue weighted by atomic mass is 9.89. The summed E-state index contributed by atoms with van der Waals surface area (Å²) in [6.45, 7) is 0. The predicted molar refractivity (Wildman–Crippen MR) is 199 cm³/mol. The summed E-state index contributed by atoms with van der Waals surface area (Å²) >= 11 is 0. The standard InChI is InChI=1S/C45H28N2/c1-4-12-32-25-35(20-17-29(32)9-1)38-23-24-41-46-44-42(36-21-18-30-10-2-5-13-33(30)26-36)39-15-7-8-16-40(39)43(45(44)47(41)28-38)37-22-19-31-11-3-6-14-34(31)27-37/h1-28H. The molecular weight excluding hydrogens is 569 g/mol. The van der Waals surface area contributed by atoms with Crippen molar-refractivity contribution < 1.29 is 0 Å². The van der Waals surface area contributed by atoms with Gasteiger partial charge in [0.25, 0.3) is 0 Å². The lowest BCUT2D eigenvalue weighted by Gasteiger charge is -2.16. The van der Waals surface area contributed by atoms with E-state index < -0.39 is 0 Å². The third-order valence-electron chi connectivity index (χ3n) is 9.72. The lowest BCUT2D eigenvalue weighted by molar-refractivity contribution is 1.23. The minimum absolute atomic E-state index is 0.934. The molecular formula is C45H28N2. The Kier molecular flexibility index (Phi) is 5.61. The summed E-state index contributed by atoms with van der Waals surface area (Å²) in [5.41, 5.74) is 10.2. The highest BCUT2D eigenvalue weighted by molar-refractivity contribution is 6.21. The first-order valence-corrected chi connectivity index (χ1v) is 16.1. The number of fused-ring (bicyclic) bond motifs is 7. The second-order valence-electron chi connectivity index (χ2n) is 12.4. The van der Waals surface area contributed by atoms with E-state index in [1.165, 1.54) is 70.9 Å². The second-order valence-corrected chi connectivity index (χ2v) is 12.4. The molecule has 0 saturated carbocycles. The monoisotopic (exact) mass is 596 g/mol. The summed E-state index contributed by atoms with van der Waals surface area (Å²) in [6, 6.07) is 59.3. The lowest BCUT2D eigenvalue weighted by Crippen LogP contribution is -1.93. The minimum Gasteiger partial charge on any atom is -0.298 e. The largest absolute Gasteiger partial charge is 0.298 e. The molecule has 2 aromatic heterocycles. The molecule has 8 aromatic carbocycles. The van der Waals surface area contributed by atoms with Gasteiger partial charge >= 0.3 is 0 Å². The highest BCUT2D eigenvalue weighted by Gasteiger charge is 2.22. The number of hydrogen-bond donors (Lipinski definition) is 0. The number of aromatic nitrogens is 2. The number of imidazole rings is 1. The summed E-state index contributed by atoms with van der Waals surface area (Å²) in [6.07, 6.45) is 2.28. The van der Waals surface area contributed by atoms with Crippen molar-refractivity contribution >= 4 is 59.8 Å². The van der Waals surface area contributed by atoms with E-state index in [4.69, 9.17) is 4.98 Å². The average Bonchev–Trinajstić information content (AvgIpc) is 3.51. The molecule has 10 rings (SSSR count). The van der Waals surface area contributed by atoms with E-state index in [9.17, 15) is 0 Å². The first-order valence-electron chi connectivity index (χ1n) is 16.1. The van der Waals surface area contributed by atoms with Crippen molar-refractivity contribution in [3.8, 4) is 33.4 Å². The molecule has 0 saturated heterocycles. The van der Waals surface area contributed by atoms with E-state index in [-0.39, 0.29) is 0 Å². The highest BCUT2D eigenvalue weighted by Crippen LogP contribution is 2.45. The van der Waals surface area contributed by atoms with Crippen LogP contribution in [0.2, 0.25) is 0 Å². The SMILES string of the molecule is c1ccc2cc(-c3ccc4nc5c(-c6ccc7ccccc7c6)c6ccccc6c(-c6ccc7ccccc7c6)c5n4c3)ccc2c1. The van der Waals surface area contributed by atoms with Crippen molar-refractivity contribution in [2.75, 3.05) is 0 Å². The van der Waals surface area contributed by atoms with Gasteiger partial charge in [0, 0.05) is 17.3 Å². The first-order chi connectivity index (χ1) is 23.3. The van der Waals surface area contributed by atoms with Crippen molar-refractivity contribution in [2.45, 2.75) is 0 Å². The normalized spacial score (nSPS) is 11.8. The molecule has 0 atom stereocenters. The van der Waals surface area contributed by atoms with Crippen molar-refractivity contribution in [3.63, 3.8) is 0 Å². The van der Waals surface area contributed by atoms with Crippen LogP contribution in [0.4, 0.5) is 0 Å². The molecule has 2 nitrogen and oxygen atoms in total. The molecule has 0 bridgehead atoms. The second kappa shape index (κ2) is 10.1. The van der Waals surface area contributed by atoms with Gasteiger partial charge in [-0.3, -0.25) is 4.40 Å². The Balaban J connectivity index is 1.34. The van der Waals surface area contributed by atoms with Gasteiger partial charge in [0.2, 0.25) is 0 Å². The Morgan fingerprint density at radius 3 is 1.40 bits per heavy atom. The molecule has 2 heteroatoms. The van der Waals surface area contributed by atoms with E-state index in [0.29, 0.717) is 0 Å². The maximum atomic E-state index is 5.42. The van der Waals surface area contributed by atoms with Gasteiger partial charge in [-0.15, -0.1) is 0 Å². The van der Waals surface area contributed by atoms with Crippen LogP contribution in [0.25, 0.3) is 93.2 Å². The van der Waals surface area contributed by atoms with Gasteiger partial charge in [-0.25, -0.2) is 4.98 Å². The van der Waals surface area contributed by atoms with E-state index in [1.54, 1.807) is 0 Å². The number of benzene rings is 8. The van der Waals surface area contributed by atoms with Crippen molar-refractivity contribution in [3.05, 3.63) is 170 Å². The van der Waals surface area contributed by atoms with Crippen LogP contribution in [0.15, 0.2) is 170 Å². The molecule has 0 aliphatic heterocycles. The average molecular weight is 597 g/mol. The molecule has 10 aromatic rings. The van der Waals surface area contributed by atoms with Crippen LogP contribution in [0.1, 0.15) is 0 Å². The van der Waals surface area contributed by atoms with Crippen LogP contribution in [0.5, 0.6) is 0 Å². The van der Waals surface area contributed by atoms with Gasteiger partial charge in [0.1, 0.15) is 5.65 Å². The summed E-state index contributed by atoms with van der Waals surface area (Å²) in [5.74, 6) is 0. The summed E-state index contributed by atoms with van der Waals surface area (Å²) in [7, 11) is 0. The molecule has 0 radical (unpaired) electrons. The molecule has 218 valence electrons. The highest BCUT2D eigenvalue weighted by atomic mass is 15.0. The zero-order valence-corrected chi connectivity index (χ0v) is 25.6. The van der Waals surface area contributed by atoms with Gasteiger partial charge in [0.05, 0.1) is 11.0 Å². The first kappa shape index (κ1) is 26.0. The van der Waals surface area contributed by atoms with Crippen LogP contribution in [0.3, 0.4) is 0 Å². The molecule has 2 heterocycles. The topological polar surface area (TPSA) is 17.3 Å². The Labute approximate surface area is 271 Å². The maximum absolute atomic E-state index is 5.42. The summed E-state index contributed by atoms with van der Waals surface area (Å²) < 4.78 is 2.32. The predicted octanol–water partition coefficient (Wildman–Crippen LogP) is 12.1.